The lowest BCUT2D eigenvalue weighted by atomic mass is 9.62. The van der Waals surface area contributed by atoms with Crippen molar-refractivity contribution in [1.29, 1.82) is 0 Å². The third-order valence-corrected chi connectivity index (χ3v) is 9.64. The molecule has 39 heavy (non-hydrogen) atoms. The predicted octanol–water partition coefficient (Wildman–Crippen LogP) is 11.1. The van der Waals surface area contributed by atoms with E-state index in [0.717, 1.165) is 39.6 Å². The van der Waals surface area contributed by atoms with E-state index in [2.05, 4.69) is 46.5 Å². The van der Waals surface area contributed by atoms with E-state index in [1.165, 1.54) is 11.3 Å². The van der Waals surface area contributed by atoms with E-state index in [1.807, 2.05) is 20.8 Å². The highest BCUT2D eigenvalue weighted by atomic mass is 32.1. The third-order valence-electron chi connectivity index (χ3n) is 8.38. The van der Waals surface area contributed by atoms with Crippen LogP contribution in [0.25, 0.3) is 42.2 Å². The van der Waals surface area contributed by atoms with Crippen molar-refractivity contribution in [2.45, 2.75) is 97.8 Å². The molecule has 0 N–H and O–H groups in total. The average molecular weight is 542 g/mol. The normalized spacial score (nSPS) is 19.7. The van der Waals surface area contributed by atoms with E-state index in [0.29, 0.717) is 50.1 Å². The SMILES string of the molecule is [2H]c1nc(-c2cc3c([2H])c([2H])c([2H])c([2H])c3c(C(C)(C)C)c2[2H])c2sc3c(CC(C)C)c([2H])c4c(c3c2c1[2H])C(C)(C)CCC4(C)C. The number of rotatable bonds is 3. The van der Waals surface area contributed by atoms with Gasteiger partial charge in [-0.25, -0.2) is 0 Å². The minimum absolute atomic E-state index is 0.0230. The number of thiophene rings is 1. The number of benzene rings is 3. The van der Waals surface area contributed by atoms with E-state index in [9.17, 15) is 4.11 Å². The molecule has 0 atom stereocenters. The Bertz CT molecular complexity index is 2170. The van der Waals surface area contributed by atoms with Crippen LogP contribution in [0.3, 0.4) is 0 Å². The Hall–Kier alpha value is -2.71. The molecule has 3 aromatic carbocycles. The van der Waals surface area contributed by atoms with E-state index < -0.39 is 5.41 Å². The summed E-state index contributed by atoms with van der Waals surface area (Å²) in [5.41, 5.74) is 3.13. The maximum Gasteiger partial charge on any atom is 0.0880 e. The molecule has 2 aromatic heterocycles. The van der Waals surface area contributed by atoms with Gasteiger partial charge in [-0.3, -0.25) is 4.98 Å². The molecular weight excluding hydrogens is 490 g/mol. The average Bonchev–Trinajstić information content (AvgIpc) is 3.36. The Kier molecular flexibility index (Phi) is 4.24. The van der Waals surface area contributed by atoms with Crippen molar-refractivity contribution in [2.75, 3.05) is 0 Å². The number of pyridine rings is 1. The first kappa shape index (κ1) is 18.6. The summed E-state index contributed by atoms with van der Waals surface area (Å²) in [4.78, 5) is 4.67. The summed E-state index contributed by atoms with van der Waals surface area (Å²) in [6.45, 7) is 18.9. The second kappa shape index (κ2) is 8.90. The van der Waals surface area contributed by atoms with Gasteiger partial charge in [0, 0.05) is 27.2 Å². The molecule has 2 heterocycles. The quantitative estimate of drug-likeness (QED) is 0.221. The first-order chi connectivity index (χ1) is 21.6. The van der Waals surface area contributed by atoms with E-state index in [4.69, 9.17) is 6.85 Å². The molecule has 0 spiro atoms. The van der Waals surface area contributed by atoms with Crippen LogP contribution >= 0.6 is 11.3 Å². The zero-order chi connectivity index (χ0) is 34.9. The summed E-state index contributed by atoms with van der Waals surface area (Å²) in [6, 6.07) is 1.29. The van der Waals surface area contributed by atoms with Crippen molar-refractivity contribution in [1.82, 2.24) is 4.98 Å². The molecule has 1 nitrogen and oxygen atoms in total. The van der Waals surface area contributed by atoms with Gasteiger partial charge in [0.05, 0.1) is 21.4 Å². The van der Waals surface area contributed by atoms with Gasteiger partial charge in [-0.2, -0.15) is 0 Å². The standard InChI is InChI=1S/C37H43NS/c1-22(2)18-25-21-29-31(37(8,9)16-15-36(29,6)7)30-27-14-17-38-32(34(27)39-33(25)30)24-19-23-12-10-11-13-26(23)28(20-24)35(3,4)5/h10-14,17,19-22H,15-16,18H2,1-9H3/i10D,11D,12D,13D,14D,17D,20D,21D. The monoisotopic (exact) mass is 541 g/mol. The van der Waals surface area contributed by atoms with Crippen LogP contribution in [0.5, 0.6) is 0 Å². The first-order valence-corrected chi connectivity index (χ1v) is 14.9. The Morgan fingerprint density at radius 2 is 1.67 bits per heavy atom. The van der Waals surface area contributed by atoms with E-state index in [-0.39, 0.29) is 59.2 Å². The van der Waals surface area contributed by atoms with E-state index >= 15 is 0 Å². The number of aromatic nitrogens is 1. The fraction of sp³-hybridized carbons (Fsp3) is 0.432. The van der Waals surface area contributed by atoms with Crippen LogP contribution in [0.4, 0.5) is 0 Å². The van der Waals surface area contributed by atoms with Crippen LogP contribution in [0.15, 0.2) is 54.5 Å². The second-order valence-corrected chi connectivity index (χ2v) is 15.0. The van der Waals surface area contributed by atoms with Gasteiger partial charge in [-0.1, -0.05) is 92.5 Å². The van der Waals surface area contributed by atoms with Crippen LogP contribution in [-0.4, -0.2) is 4.98 Å². The second-order valence-electron chi connectivity index (χ2n) is 14.0. The molecule has 0 radical (unpaired) electrons. The zero-order valence-electron chi connectivity index (χ0n) is 32.6. The highest BCUT2D eigenvalue weighted by Gasteiger charge is 2.40. The van der Waals surface area contributed by atoms with Crippen molar-refractivity contribution >= 4 is 42.3 Å². The van der Waals surface area contributed by atoms with Gasteiger partial charge in [0.1, 0.15) is 0 Å². The molecule has 0 unspecified atom stereocenters. The van der Waals surface area contributed by atoms with Crippen LogP contribution < -0.4 is 0 Å². The van der Waals surface area contributed by atoms with Gasteiger partial charge in [0.2, 0.25) is 0 Å². The molecule has 0 fully saturated rings. The lowest BCUT2D eigenvalue weighted by molar-refractivity contribution is 0.334. The van der Waals surface area contributed by atoms with Gasteiger partial charge in [0.15, 0.2) is 0 Å². The predicted molar refractivity (Wildman–Crippen MR) is 173 cm³/mol. The number of nitrogens with zero attached hydrogens (tertiary/aromatic N) is 1. The summed E-state index contributed by atoms with van der Waals surface area (Å²) in [6.07, 6.45) is 2.35. The van der Waals surface area contributed by atoms with Gasteiger partial charge in [-0.05, 0) is 92.6 Å². The number of fused-ring (bicyclic) bond motifs is 6. The lowest BCUT2D eigenvalue weighted by Crippen LogP contribution is -2.34. The lowest BCUT2D eigenvalue weighted by Gasteiger charge is -2.43. The topological polar surface area (TPSA) is 12.9 Å². The molecule has 202 valence electrons. The van der Waals surface area contributed by atoms with E-state index in [1.54, 1.807) is 6.07 Å². The van der Waals surface area contributed by atoms with Gasteiger partial charge >= 0.3 is 0 Å². The molecular formula is C37H43NS. The third kappa shape index (κ3) is 4.31. The highest BCUT2D eigenvalue weighted by Crippen LogP contribution is 2.53. The van der Waals surface area contributed by atoms with Gasteiger partial charge < -0.3 is 0 Å². The summed E-state index contributed by atoms with van der Waals surface area (Å²) in [7, 11) is 0. The highest BCUT2D eigenvalue weighted by molar-refractivity contribution is 7.26. The molecule has 6 rings (SSSR count). The van der Waals surface area contributed by atoms with Crippen molar-refractivity contribution in [3.8, 4) is 11.3 Å². The van der Waals surface area contributed by atoms with Gasteiger partial charge in [0.25, 0.3) is 0 Å². The summed E-state index contributed by atoms with van der Waals surface area (Å²) in [5.74, 6) is 0.287. The van der Waals surface area contributed by atoms with Crippen molar-refractivity contribution in [3.05, 3.63) is 76.8 Å². The summed E-state index contributed by atoms with van der Waals surface area (Å²) >= 11 is 1.48. The van der Waals surface area contributed by atoms with Crippen molar-refractivity contribution in [3.63, 3.8) is 0 Å². The minimum Gasteiger partial charge on any atom is -0.255 e. The maximum atomic E-state index is 9.63. The van der Waals surface area contributed by atoms with Crippen molar-refractivity contribution < 1.29 is 11.0 Å². The minimum atomic E-state index is -0.652. The zero-order valence-corrected chi connectivity index (χ0v) is 25.4. The van der Waals surface area contributed by atoms with Crippen LogP contribution in [0, 0.1) is 5.92 Å². The van der Waals surface area contributed by atoms with Crippen LogP contribution in [0.1, 0.15) is 108 Å². The summed E-state index contributed by atoms with van der Waals surface area (Å²) < 4.78 is 73.4. The fourth-order valence-electron chi connectivity index (χ4n) is 6.24. The molecule has 0 saturated heterocycles. The molecule has 1 aliphatic rings. The van der Waals surface area contributed by atoms with Crippen molar-refractivity contribution in [2.24, 2.45) is 5.92 Å². The molecule has 2 heteroatoms. The molecule has 0 saturated carbocycles. The maximum absolute atomic E-state index is 9.63. The Labute approximate surface area is 249 Å². The Balaban J connectivity index is 1.88. The molecule has 0 bridgehead atoms. The first-order valence-electron chi connectivity index (χ1n) is 18.1. The summed E-state index contributed by atoms with van der Waals surface area (Å²) in [5, 5.41) is 2.18. The fourth-order valence-corrected chi connectivity index (χ4v) is 7.52. The molecule has 0 aliphatic heterocycles. The molecule has 1 aliphatic carbocycles. The molecule has 0 amide bonds. The van der Waals surface area contributed by atoms with Crippen LogP contribution in [-0.2, 0) is 22.7 Å². The number of hydrogen-bond donors (Lipinski definition) is 0. The Morgan fingerprint density at radius 3 is 2.38 bits per heavy atom. The number of hydrogen-bond acceptors (Lipinski definition) is 2. The Morgan fingerprint density at radius 1 is 0.949 bits per heavy atom. The largest absolute Gasteiger partial charge is 0.255 e. The molecule has 5 aromatic rings. The van der Waals surface area contributed by atoms with Crippen LogP contribution in [0.2, 0.25) is 0 Å². The van der Waals surface area contributed by atoms with Gasteiger partial charge in [-0.15, -0.1) is 11.3 Å². The smallest absolute Gasteiger partial charge is 0.0880 e.